The fourth-order valence-electron chi connectivity index (χ4n) is 2.41. The molecular formula is C10H16N2O. The van der Waals surface area contributed by atoms with Crippen molar-refractivity contribution in [3.05, 3.63) is 11.8 Å². The average Bonchev–Trinajstić information content (AvgIpc) is 2.51. The maximum absolute atomic E-state index is 10.9. The molecule has 0 unspecified atom stereocenters. The Bertz CT molecular complexity index is 252. The molecule has 0 radical (unpaired) electrons. The van der Waals surface area contributed by atoms with Crippen molar-refractivity contribution in [1.29, 1.82) is 0 Å². The number of nitrogens with two attached hydrogens (primary N) is 1. The minimum absolute atomic E-state index is 0.183. The maximum atomic E-state index is 10.9. The molecule has 0 bridgehead atoms. The van der Waals surface area contributed by atoms with Gasteiger partial charge in [-0.15, -0.1) is 0 Å². The molecule has 1 fully saturated rings. The third-order valence-corrected chi connectivity index (χ3v) is 3.21. The minimum atomic E-state index is -0.269. The summed E-state index contributed by atoms with van der Waals surface area (Å²) in [6, 6.07) is 0. The number of hydrogen-bond acceptors (Lipinski definition) is 2. The Balaban J connectivity index is 2.02. The quantitative estimate of drug-likeness (QED) is 0.633. The fourth-order valence-corrected chi connectivity index (χ4v) is 2.41. The summed E-state index contributed by atoms with van der Waals surface area (Å²) in [6.45, 7) is 0. The zero-order chi connectivity index (χ0) is 9.31. The van der Waals surface area contributed by atoms with Crippen LogP contribution in [-0.4, -0.2) is 11.4 Å². The summed E-state index contributed by atoms with van der Waals surface area (Å²) in [5.74, 6) is -0.269. The zero-order valence-electron chi connectivity index (χ0n) is 7.81. The molecule has 1 aliphatic heterocycles. The van der Waals surface area contributed by atoms with Gasteiger partial charge in [0.05, 0.1) is 0 Å². The number of primary amides is 1. The number of hydrogen-bond donors (Lipinski definition) is 2. The second-order valence-corrected chi connectivity index (χ2v) is 4.20. The molecule has 1 spiro atoms. The van der Waals surface area contributed by atoms with Crippen LogP contribution in [-0.2, 0) is 4.79 Å². The van der Waals surface area contributed by atoms with E-state index in [4.69, 9.17) is 5.73 Å². The smallest absolute Gasteiger partial charge is 0.246 e. The van der Waals surface area contributed by atoms with Crippen molar-refractivity contribution < 1.29 is 4.79 Å². The highest BCUT2D eigenvalue weighted by atomic mass is 16.1. The molecule has 1 heterocycles. The van der Waals surface area contributed by atoms with E-state index in [2.05, 4.69) is 5.32 Å². The lowest BCUT2D eigenvalue weighted by atomic mass is 9.79. The topological polar surface area (TPSA) is 55.1 Å². The van der Waals surface area contributed by atoms with Crippen molar-refractivity contribution in [3.8, 4) is 0 Å². The highest BCUT2D eigenvalue weighted by molar-refractivity contribution is 5.92. The summed E-state index contributed by atoms with van der Waals surface area (Å²) in [5, 5.41) is 3.34. The van der Waals surface area contributed by atoms with E-state index in [0.717, 1.165) is 12.0 Å². The van der Waals surface area contributed by atoms with E-state index in [1.165, 1.54) is 32.1 Å². The van der Waals surface area contributed by atoms with Crippen molar-refractivity contribution in [2.24, 2.45) is 5.73 Å². The molecule has 0 aromatic carbocycles. The van der Waals surface area contributed by atoms with Crippen molar-refractivity contribution in [1.82, 2.24) is 5.32 Å². The van der Waals surface area contributed by atoms with E-state index in [1.54, 1.807) is 0 Å². The summed E-state index contributed by atoms with van der Waals surface area (Å²) < 4.78 is 0. The average molecular weight is 180 g/mol. The van der Waals surface area contributed by atoms with Gasteiger partial charge in [0.2, 0.25) is 5.91 Å². The Morgan fingerprint density at radius 1 is 1.38 bits per heavy atom. The van der Waals surface area contributed by atoms with Crippen molar-refractivity contribution >= 4 is 5.91 Å². The number of nitrogens with one attached hydrogen (secondary N) is 1. The third-order valence-electron chi connectivity index (χ3n) is 3.21. The number of rotatable bonds is 1. The first-order valence-electron chi connectivity index (χ1n) is 4.98. The predicted molar refractivity (Wildman–Crippen MR) is 50.8 cm³/mol. The maximum Gasteiger partial charge on any atom is 0.246 e. The van der Waals surface area contributed by atoms with E-state index in [1.807, 2.05) is 6.20 Å². The standard InChI is InChI=1S/C10H16N2O/c11-9(13)8-6-10(12-7-8)4-2-1-3-5-10/h7,12H,1-6H2,(H2,11,13). The molecule has 1 amide bonds. The summed E-state index contributed by atoms with van der Waals surface area (Å²) >= 11 is 0. The van der Waals surface area contributed by atoms with E-state index in [9.17, 15) is 4.79 Å². The molecule has 0 saturated heterocycles. The van der Waals surface area contributed by atoms with Crippen LogP contribution in [0, 0.1) is 0 Å². The lowest BCUT2D eigenvalue weighted by molar-refractivity contribution is -0.114. The van der Waals surface area contributed by atoms with Gasteiger partial charge in [0.1, 0.15) is 0 Å². The van der Waals surface area contributed by atoms with E-state index in [-0.39, 0.29) is 11.4 Å². The Morgan fingerprint density at radius 2 is 2.08 bits per heavy atom. The van der Waals surface area contributed by atoms with Crippen LogP contribution in [0.3, 0.4) is 0 Å². The number of amides is 1. The molecule has 3 N–H and O–H groups in total. The molecule has 3 heteroatoms. The number of carbonyl (C=O) groups excluding carboxylic acids is 1. The second-order valence-electron chi connectivity index (χ2n) is 4.20. The molecular weight excluding hydrogens is 164 g/mol. The fraction of sp³-hybridized carbons (Fsp3) is 0.700. The van der Waals surface area contributed by atoms with Gasteiger partial charge in [-0.1, -0.05) is 19.3 Å². The van der Waals surface area contributed by atoms with Crippen LogP contribution in [0.2, 0.25) is 0 Å². The highest BCUT2D eigenvalue weighted by Crippen LogP contribution is 2.36. The predicted octanol–water partition coefficient (Wildman–Crippen LogP) is 1.05. The van der Waals surface area contributed by atoms with Crippen LogP contribution in [0.5, 0.6) is 0 Å². The van der Waals surface area contributed by atoms with Crippen LogP contribution < -0.4 is 11.1 Å². The van der Waals surface area contributed by atoms with Gasteiger partial charge >= 0.3 is 0 Å². The van der Waals surface area contributed by atoms with E-state index >= 15 is 0 Å². The summed E-state index contributed by atoms with van der Waals surface area (Å²) in [4.78, 5) is 10.9. The molecule has 2 aliphatic rings. The minimum Gasteiger partial charge on any atom is -0.385 e. The van der Waals surface area contributed by atoms with E-state index < -0.39 is 0 Å². The molecule has 0 aromatic heterocycles. The van der Waals surface area contributed by atoms with Gasteiger partial charge in [0.25, 0.3) is 0 Å². The van der Waals surface area contributed by atoms with Crippen molar-refractivity contribution in [3.63, 3.8) is 0 Å². The normalized spacial score (nSPS) is 25.4. The Hall–Kier alpha value is -0.990. The van der Waals surface area contributed by atoms with Crippen molar-refractivity contribution in [2.75, 3.05) is 0 Å². The lowest BCUT2D eigenvalue weighted by Crippen LogP contribution is -2.40. The molecule has 72 valence electrons. The first kappa shape index (κ1) is 8.60. The molecule has 1 saturated carbocycles. The molecule has 13 heavy (non-hydrogen) atoms. The SMILES string of the molecule is NC(=O)C1=CNC2(CCCCC2)C1. The van der Waals surface area contributed by atoms with Crippen LogP contribution in [0.15, 0.2) is 11.8 Å². The van der Waals surface area contributed by atoms with Gasteiger partial charge in [-0.3, -0.25) is 4.79 Å². The van der Waals surface area contributed by atoms with Gasteiger partial charge < -0.3 is 11.1 Å². The third kappa shape index (κ3) is 1.55. The Morgan fingerprint density at radius 3 is 2.62 bits per heavy atom. The molecule has 3 nitrogen and oxygen atoms in total. The van der Waals surface area contributed by atoms with Gasteiger partial charge in [0.15, 0.2) is 0 Å². The summed E-state index contributed by atoms with van der Waals surface area (Å²) in [6.07, 6.45) is 8.88. The van der Waals surface area contributed by atoms with Gasteiger partial charge in [-0.25, -0.2) is 0 Å². The van der Waals surface area contributed by atoms with Crippen molar-refractivity contribution in [2.45, 2.75) is 44.1 Å². The zero-order valence-corrected chi connectivity index (χ0v) is 7.81. The van der Waals surface area contributed by atoms with Crippen LogP contribution in [0.1, 0.15) is 38.5 Å². The molecule has 0 aromatic rings. The number of carbonyl (C=O) groups is 1. The van der Waals surface area contributed by atoms with Crippen LogP contribution >= 0.6 is 0 Å². The second kappa shape index (κ2) is 3.05. The van der Waals surface area contributed by atoms with Gasteiger partial charge in [0, 0.05) is 23.7 Å². The Kier molecular flexibility index (Phi) is 2.02. The molecule has 1 aliphatic carbocycles. The van der Waals surface area contributed by atoms with Crippen LogP contribution in [0.4, 0.5) is 0 Å². The summed E-state index contributed by atoms with van der Waals surface area (Å²) in [5.41, 5.74) is 6.19. The Labute approximate surface area is 78.4 Å². The summed E-state index contributed by atoms with van der Waals surface area (Å²) in [7, 11) is 0. The first-order chi connectivity index (χ1) is 6.22. The first-order valence-corrected chi connectivity index (χ1v) is 4.98. The van der Waals surface area contributed by atoms with Gasteiger partial charge in [-0.2, -0.15) is 0 Å². The largest absolute Gasteiger partial charge is 0.385 e. The van der Waals surface area contributed by atoms with Crippen LogP contribution in [0.25, 0.3) is 0 Å². The molecule has 0 atom stereocenters. The highest BCUT2D eigenvalue weighted by Gasteiger charge is 2.36. The van der Waals surface area contributed by atoms with Gasteiger partial charge in [-0.05, 0) is 12.8 Å². The molecule has 2 rings (SSSR count). The monoisotopic (exact) mass is 180 g/mol. The van der Waals surface area contributed by atoms with E-state index in [0.29, 0.717) is 0 Å². The lowest BCUT2D eigenvalue weighted by Gasteiger charge is -2.34.